The SMILES string of the molecule is CCc1cc(Cn2nc(C)c(CN)c2C)ccc1OC. The van der Waals surface area contributed by atoms with Gasteiger partial charge in [-0.15, -0.1) is 0 Å². The largest absolute Gasteiger partial charge is 0.496 e. The van der Waals surface area contributed by atoms with E-state index in [1.165, 1.54) is 11.1 Å². The lowest BCUT2D eigenvalue weighted by molar-refractivity contribution is 0.410. The summed E-state index contributed by atoms with van der Waals surface area (Å²) in [7, 11) is 1.71. The summed E-state index contributed by atoms with van der Waals surface area (Å²) in [4.78, 5) is 0. The van der Waals surface area contributed by atoms with E-state index in [1.807, 2.05) is 17.7 Å². The first kappa shape index (κ1) is 14.6. The maximum Gasteiger partial charge on any atom is 0.122 e. The van der Waals surface area contributed by atoms with E-state index in [9.17, 15) is 0 Å². The summed E-state index contributed by atoms with van der Waals surface area (Å²) in [5, 5.41) is 4.58. The van der Waals surface area contributed by atoms with Gasteiger partial charge in [-0.2, -0.15) is 5.10 Å². The smallest absolute Gasteiger partial charge is 0.122 e. The summed E-state index contributed by atoms with van der Waals surface area (Å²) >= 11 is 0. The zero-order chi connectivity index (χ0) is 14.7. The van der Waals surface area contributed by atoms with Gasteiger partial charge in [0.15, 0.2) is 0 Å². The Hall–Kier alpha value is -1.81. The molecule has 0 radical (unpaired) electrons. The number of nitrogens with two attached hydrogens (primary N) is 1. The van der Waals surface area contributed by atoms with Crippen LogP contribution in [0.2, 0.25) is 0 Å². The molecule has 0 fully saturated rings. The highest BCUT2D eigenvalue weighted by atomic mass is 16.5. The van der Waals surface area contributed by atoms with Gasteiger partial charge in [0.1, 0.15) is 5.75 Å². The van der Waals surface area contributed by atoms with E-state index in [0.717, 1.165) is 35.7 Å². The lowest BCUT2D eigenvalue weighted by atomic mass is 10.1. The number of hydrogen-bond donors (Lipinski definition) is 1. The third-order valence-corrected chi connectivity index (χ3v) is 3.79. The first-order valence-corrected chi connectivity index (χ1v) is 6.99. The highest BCUT2D eigenvalue weighted by Gasteiger charge is 2.11. The summed E-state index contributed by atoms with van der Waals surface area (Å²) in [6.07, 6.45) is 0.960. The average Bonchev–Trinajstić information content (AvgIpc) is 2.72. The molecular weight excluding hydrogens is 250 g/mol. The first-order chi connectivity index (χ1) is 9.60. The van der Waals surface area contributed by atoms with Gasteiger partial charge in [0.25, 0.3) is 0 Å². The number of benzene rings is 1. The number of hydrogen-bond acceptors (Lipinski definition) is 3. The van der Waals surface area contributed by atoms with Gasteiger partial charge in [0, 0.05) is 17.8 Å². The molecule has 2 aromatic rings. The van der Waals surface area contributed by atoms with Crippen molar-refractivity contribution in [3.05, 3.63) is 46.3 Å². The number of aryl methyl sites for hydroxylation is 2. The number of rotatable bonds is 5. The molecule has 0 amide bonds. The third-order valence-electron chi connectivity index (χ3n) is 3.79. The molecule has 0 aliphatic rings. The van der Waals surface area contributed by atoms with Crippen molar-refractivity contribution in [2.45, 2.75) is 40.3 Å². The molecule has 0 bridgehead atoms. The van der Waals surface area contributed by atoms with E-state index < -0.39 is 0 Å². The minimum Gasteiger partial charge on any atom is -0.496 e. The van der Waals surface area contributed by atoms with Crippen molar-refractivity contribution in [1.82, 2.24) is 9.78 Å². The van der Waals surface area contributed by atoms with E-state index >= 15 is 0 Å². The Morgan fingerprint density at radius 3 is 2.60 bits per heavy atom. The molecule has 4 nitrogen and oxygen atoms in total. The third kappa shape index (κ3) is 2.70. The van der Waals surface area contributed by atoms with Gasteiger partial charge in [-0.1, -0.05) is 19.1 Å². The second kappa shape index (κ2) is 6.09. The number of aromatic nitrogens is 2. The minimum atomic E-state index is 0.542. The van der Waals surface area contributed by atoms with Gasteiger partial charge in [-0.05, 0) is 37.5 Å². The average molecular weight is 273 g/mol. The molecular formula is C16H23N3O. The predicted octanol–water partition coefficient (Wildman–Crippen LogP) is 2.58. The van der Waals surface area contributed by atoms with E-state index in [-0.39, 0.29) is 0 Å². The van der Waals surface area contributed by atoms with Crippen molar-refractivity contribution in [3.63, 3.8) is 0 Å². The quantitative estimate of drug-likeness (QED) is 0.911. The van der Waals surface area contributed by atoms with Crippen molar-refractivity contribution in [2.24, 2.45) is 5.73 Å². The molecule has 0 atom stereocenters. The monoisotopic (exact) mass is 273 g/mol. The van der Waals surface area contributed by atoms with Gasteiger partial charge in [0.2, 0.25) is 0 Å². The second-order valence-corrected chi connectivity index (χ2v) is 5.01. The minimum absolute atomic E-state index is 0.542. The van der Waals surface area contributed by atoms with Crippen LogP contribution in [0.4, 0.5) is 0 Å². The van der Waals surface area contributed by atoms with Crippen LogP contribution in [-0.4, -0.2) is 16.9 Å². The highest BCUT2D eigenvalue weighted by molar-refractivity contribution is 5.37. The van der Waals surface area contributed by atoms with Crippen molar-refractivity contribution < 1.29 is 4.74 Å². The highest BCUT2D eigenvalue weighted by Crippen LogP contribution is 2.21. The van der Waals surface area contributed by atoms with Gasteiger partial charge >= 0.3 is 0 Å². The zero-order valence-electron chi connectivity index (χ0n) is 12.7. The number of nitrogens with zero attached hydrogens (tertiary/aromatic N) is 2. The zero-order valence-corrected chi connectivity index (χ0v) is 12.7. The molecule has 1 aromatic heterocycles. The Balaban J connectivity index is 2.30. The molecule has 1 heterocycles. The molecule has 0 aliphatic carbocycles. The van der Waals surface area contributed by atoms with E-state index in [0.29, 0.717) is 6.54 Å². The van der Waals surface area contributed by atoms with Crippen LogP contribution in [-0.2, 0) is 19.5 Å². The van der Waals surface area contributed by atoms with Crippen molar-refractivity contribution in [2.75, 3.05) is 7.11 Å². The lowest BCUT2D eigenvalue weighted by Gasteiger charge is -2.10. The summed E-state index contributed by atoms with van der Waals surface area (Å²) in [5.41, 5.74) is 11.6. The second-order valence-electron chi connectivity index (χ2n) is 5.01. The number of ether oxygens (including phenoxy) is 1. The lowest BCUT2D eigenvalue weighted by Crippen LogP contribution is -2.06. The maximum absolute atomic E-state index is 5.77. The Morgan fingerprint density at radius 1 is 1.30 bits per heavy atom. The molecule has 4 heteroatoms. The Labute approximate surface area is 120 Å². The van der Waals surface area contributed by atoms with E-state index in [1.54, 1.807) is 7.11 Å². The molecule has 0 unspecified atom stereocenters. The molecule has 108 valence electrons. The van der Waals surface area contributed by atoms with Crippen LogP contribution in [0.1, 0.15) is 35.0 Å². The molecule has 20 heavy (non-hydrogen) atoms. The summed E-state index contributed by atoms with van der Waals surface area (Å²) in [6, 6.07) is 6.32. The first-order valence-electron chi connectivity index (χ1n) is 6.99. The van der Waals surface area contributed by atoms with Crippen molar-refractivity contribution >= 4 is 0 Å². The fourth-order valence-corrected chi connectivity index (χ4v) is 2.56. The molecule has 0 saturated carbocycles. The van der Waals surface area contributed by atoms with E-state index in [2.05, 4.69) is 31.1 Å². The van der Waals surface area contributed by atoms with Gasteiger partial charge in [0.05, 0.1) is 19.3 Å². The molecule has 0 saturated heterocycles. The molecule has 2 N–H and O–H groups in total. The Bertz CT molecular complexity index is 602. The Morgan fingerprint density at radius 2 is 2.05 bits per heavy atom. The van der Waals surface area contributed by atoms with Crippen LogP contribution < -0.4 is 10.5 Å². The fourth-order valence-electron chi connectivity index (χ4n) is 2.56. The fraction of sp³-hybridized carbons (Fsp3) is 0.438. The van der Waals surface area contributed by atoms with Crippen LogP contribution in [0.5, 0.6) is 5.75 Å². The van der Waals surface area contributed by atoms with Crippen LogP contribution in [0.15, 0.2) is 18.2 Å². The van der Waals surface area contributed by atoms with Crippen molar-refractivity contribution in [1.29, 1.82) is 0 Å². The summed E-state index contributed by atoms with van der Waals surface area (Å²) < 4.78 is 7.39. The van der Waals surface area contributed by atoms with Gasteiger partial charge in [-0.25, -0.2) is 0 Å². The van der Waals surface area contributed by atoms with Crippen LogP contribution in [0.3, 0.4) is 0 Å². The molecule has 2 rings (SSSR count). The predicted molar refractivity (Wildman–Crippen MR) is 81.1 cm³/mol. The number of methoxy groups -OCH3 is 1. The van der Waals surface area contributed by atoms with Crippen LogP contribution >= 0.6 is 0 Å². The standard InChI is InChI=1S/C16H23N3O/c1-5-14-8-13(6-7-16(14)20-4)10-19-12(3)15(9-17)11(2)18-19/h6-8H,5,9-10,17H2,1-4H3. The maximum atomic E-state index is 5.77. The molecule has 0 spiro atoms. The van der Waals surface area contributed by atoms with Crippen molar-refractivity contribution in [3.8, 4) is 5.75 Å². The summed E-state index contributed by atoms with van der Waals surface area (Å²) in [6.45, 7) is 7.53. The molecule has 0 aliphatic heterocycles. The van der Waals surface area contributed by atoms with Gasteiger partial charge < -0.3 is 10.5 Å². The summed E-state index contributed by atoms with van der Waals surface area (Å²) in [5.74, 6) is 0.951. The molecule has 1 aromatic carbocycles. The topological polar surface area (TPSA) is 53.1 Å². The normalized spacial score (nSPS) is 10.8. The van der Waals surface area contributed by atoms with E-state index in [4.69, 9.17) is 10.5 Å². The van der Waals surface area contributed by atoms with Crippen LogP contribution in [0.25, 0.3) is 0 Å². The Kier molecular flexibility index (Phi) is 4.45. The van der Waals surface area contributed by atoms with Gasteiger partial charge in [-0.3, -0.25) is 4.68 Å². The van der Waals surface area contributed by atoms with Crippen LogP contribution in [0, 0.1) is 13.8 Å².